The molecule has 5 nitrogen and oxygen atoms in total. The third-order valence-electron chi connectivity index (χ3n) is 5.14. The lowest BCUT2D eigenvalue weighted by Gasteiger charge is -2.28. The molecule has 2 aromatic heterocycles. The number of hydrogen-bond donors (Lipinski definition) is 1. The smallest absolute Gasteiger partial charge is 0.202 e. The predicted molar refractivity (Wildman–Crippen MR) is 86.0 cm³/mol. The van der Waals surface area contributed by atoms with Crippen molar-refractivity contribution in [3.63, 3.8) is 0 Å². The van der Waals surface area contributed by atoms with Crippen LogP contribution < -0.4 is 5.73 Å². The Bertz CT molecular complexity index is 616. The first kappa shape index (κ1) is 14.4. The maximum absolute atomic E-state index is 6.17. The molecule has 2 aromatic rings. The van der Waals surface area contributed by atoms with Gasteiger partial charge in [0.2, 0.25) is 5.95 Å². The molecule has 0 atom stereocenters. The highest BCUT2D eigenvalue weighted by molar-refractivity contribution is 5.77. The summed E-state index contributed by atoms with van der Waals surface area (Å²) in [6.45, 7) is 5.41. The first-order valence-corrected chi connectivity index (χ1v) is 8.31. The van der Waals surface area contributed by atoms with Gasteiger partial charge in [-0.1, -0.05) is 33.1 Å². The highest BCUT2D eigenvalue weighted by atomic mass is 15.3. The SMILES string of the molecule is CCc1nn(C)c2c1nc(N)n2CC1CCC(CC)CC1. The molecule has 0 bridgehead atoms. The quantitative estimate of drug-likeness (QED) is 0.940. The second-order valence-corrected chi connectivity index (χ2v) is 6.47. The van der Waals surface area contributed by atoms with E-state index >= 15 is 0 Å². The molecule has 0 aliphatic heterocycles. The molecule has 0 amide bonds. The molecule has 0 radical (unpaired) electrons. The van der Waals surface area contributed by atoms with Crippen LogP contribution in [0.15, 0.2) is 0 Å². The van der Waals surface area contributed by atoms with E-state index in [0.29, 0.717) is 5.95 Å². The first-order chi connectivity index (χ1) is 10.1. The molecular weight excluding hydrogens is 262 g/mol. The summed E-state index contributed by atoms with van der Waals surface area (Å²) in [6, 6.07) is 0. The number of aryl methyl sites for hydroxylation is 2. The van der Waals surface area contributed by atoms with Crippen molar-refractivity contribution >= 4 is 17.1 Å². The normalized spacial score (nSPS) is 23.0. The van der Waals surface area contributed by atoms with Gasteiger partial charge in [-0.2, -0.15) is 5.10 Å². The number of anilines is 1. The lowest BCUT2D eigenvalue weighted by Crippen LogP contribution is -2.20. The van der Waals surface area contributed by atoms with Crippen LogP contribution in [0, 0.1) is 11.8 Å². The van der Waals surface area contributed by atoms with Gasteiger partial charge in [-0.3, -0.25) is 9.25 Å². The van der Waals surface area contributed by atoms with Crippen LogP contribution >= 0.6 is 0 Å². The molecule has 1 aliphatic carbocycles. The summed E-state index contributed by atoms with van der Waals surface area (Å²) in [4.78, 5) is 4.56. The first-order valence-electron chi connectivity index (χ1n) is 8.31. The number of nitrogens with zero attached hydrogens (tertiary/aromatic N) is 4. The van der Waals surface area contributed by atoms with Crippen LogP contribution in [0.5, 0.6) is 0 Å². The van der Waals surface area contributed by atoms with E-state index in [9.17, 15) is 0 Å². The topological polar surface area (TPSA) is 61.7 Å². The van der Waals surface area contributed by atoms with Gasteiger partial charge in [0.15, 0.2) is 5.65 Å². The van der Waals surface area contributed by atoms with Crippen molar-refractivity contribution < 1.29 is 0 Å². The van der Waals surface area contributed by atoms with E-state index in [4.69, 9.17) is 5.73 Å². The Labute approximate surface area is 126 Å². The lowest BCUT2D eigenvalue weighted by molar-refractivity contribution is 0.249. The van der Waals surface area contributed by atoms with Crippen LogP contribution in [-0.4, -0.2) is 19.3 Å². The maximum Gasteiger partial charge on any atom is 0.202 e. The van der Waals surface area contributed by atoms with Crippen molar-refractivity contribution in [1.82, 2.24) is 19.3 Å². The number of aromatic nitrogens is 4. The Morgan fingerprint density at radius 3 is 2.43 bits per heavy atom. The zero-order valence-electron chi connectivity index (χ0n) is 13.5. The van der Waals surface area contributed by atoms with E-state index in [1.165, 1.54) is 32.1 Å². The van der Waals surface area contributed by atoms with Crippen molar-refractivity contribution in [1.29, 1.82) is 0 Å². The maximum atomic E-state index is 6.17. The summed E-state index contributed by atoms with van der Waals surface area (Å²) in [6.07, 6.45) is 7.59. The number of imidazole rings is 1. The Kier molecular flexibility index (Phi) is 3.91. The van der Waals surface area contributed by atoms with Crippen LogP contribution in [0.4, 0.5) is 5.95 Å². The van der Waals surface area contributed by atoms with Crippen LogP contribution in [0.25, 0.3) is 11.2 Å². The summed E-state index contributed by atoms with van der Waals surface area (Å²) in [5.41, 5.74) is 9.29. The van der Waals surface area contributed by atoms with Gasteiger partial charge >= 0.3 is 0 Å². The second-order valence-electron chi connectivity index (χ2n) is 6.47. The van der Waals surface area contributed by atoms with E-state index < -0.39 is 0 Å². The highest BCUT2D eigenvalue weighted by Crippen LogP contribution is 2.33. The number of nitrogen functional groups attached to an aromatic ring is 1. The van der Waals surface area contributed by atoms with E-state index in [1.807, 2.05) is 11.7 Å². The highest BCUT2D eigenvalue weighted by Gasteiger charge is 2.23. The van der Waals surface area contributed by atoms with Crippen LogP contribution in [0.1, 0.15) is 51.6 Å². The van der Waals surface area contributed by atoms with Crippen molar-refractivity contribution in [2.75, 3.05) is 5.73 Å². The van der Waals surface area contributed by atoms with Gasteiger partial charge in [0.1, 0.15) is 5.52 Å². The molecular formula is C16H27N5. The fourth-order valence-corrected chi connectivity index (χ4v) is 3.76. The van der Waals surface area contributed by atoms with Crippen molar-refractivity contribution in [3.8, 4) is 0 Å². The van der Waals surface area contributed by atoms with Crippen molar-refractivity contribution in [2.45, 2.75) is 58.9 Å². The standard InChI is InChI=1S/C16H27N5/c1-4-11-6-8-12(9-7-11)10-21-15-14(18-16(21)17)13(5-2)19-20(15)3/h11-12H,4-10H2,1-3H3,(H2,17,18). The molecule has 1 fully saturated rings. The van der Waals surface area contributed by atoms with Gasteiger partial charge in [0, 0.05) is 13.6 Å². The molecule has 3 rings (SSSR count). The van der Waals surface area contributed by atoms with Crippen LogP contribution in [0.2, 0.25) is 0 Å². The molecule has 0 aromatic carbocycles. The van der Waals surface area contributed by atoms with Crippen LogP contribution in [-0.2, 0) is 20.0 Å². The molecule has 5 heteroatoms. The molecule has 2 N–H and O–H groups in total. The van der Waals surface area contributed by atoms with Gasteiger partial charge in [-0.25, -0.2) is 4.98 Å². The molecule has 0 saturated heterocycles. The average molecular weight is 289 g/mol. The summed E-state index contributed by atoms with van der Waals surface area (Å²) in [5.74, 6) is 2.31. The zero-order chi connectivity index (χ0) is 15.0. The number of hydrogen-bond acceptors (Lipinski definition) is 3. The zero-order valence-corrected chi connectivity index (χ0v) is 13.5. The van der Waals surface area contributed by atoms with Gasteiger partial charge in [-0.05, 0) is 31.1 Å². The molecule has 0 spiro atoms. The average Bonchev–Trinajstić information content (AvgIpc) is 2.98. The van der Waals surface area contributed by atoms with Gasteiger partial charge in [0.05, 0.1) is 5.69 Å². The largest absolute Gasteiger partial charge is 0.369 e. The summed E-state index contributed by atoms with van der Waals surface area (Å²) in [7, 11) is 1.99. The number of rotatable bonds is 4. The summed E-state index contributed by atoms with van der Waals surface area (Å²) < 4.78 is 4.12. The molecule has 116 valence electrons. The fourth-order valence-electron chi connectivity index (χ4n) is 3.76. The minimum Gasteiger partial charge on any atom is -0.369 e. The van der Waals surface area contributed by atoms with E-state index in [-0.39, 0.29) is 0 Å². The molecule has 2 heterocycles. The molecule has 21 heavy (non-hydrogen) atoms. The summed E-state index contributed by atoms with van der Waals surface area (Å²) in [5, 5.41) is 4.57. The lowest BCUT2D eigenvalue weighted by atomic mass is 9.81. The Hall–Kier alpha value is -1.52. The Balaban J connectivity index is 1.84. The number of fused-ring (bicyclic) bond motifs is 1. The Morgan fingerprint density at radius 2 is 1.81 bits per heavy atom. The van der Waals surface area contributed by atoms with Gasteiger partial charge in [-0.15, -0.1) is 0 Å². The minimum atomic E-state index is 0.644. The van der Waals surface area contributed by atoms with E-state index in [1.54, 1.807) is 0 Å². The van der Waals surface area contributed by atoms with Gasteiger partial charge in [0.25, 0.3) is 0 Å². The third-order valence-corrected chi connectivity index (χ3v) is 5.14. The number of nitrogens with two attached hydrogens (primary N) is 1. The molecule has 0 unspecified atom stereocenters. The van der Waals surface area contributed by atoms with Crippen LogP contribution in [0.3, 0.4) is 0 Å². The Morgan fingerprint density at radius 1 is 1.14 bits per heavy atom. The summed E-state index contributed by atoms with van der Waals surface area (Å²) >= 11 is 0. The van der Waals surface area contributed by atoms with E-state index in [2.05, 4.69) is 28.5 Å². The van der Waals surface area contributed by atoms with Gasteiger partial charge < -0.3 is 5.73 Å². The molecule has 1 saturated carbocycles. The monoisotopic (exact) mass is 289 g/mol. The van der Waals surface area contributed by atoms with Crippen molar-refractivity contribution in [3.05, 3.63) is 5.69 Å². The fraction of sp³-hybridized carbons (Fsp3) is 0.750. The second kappa shape index (κ2) is 5.70. The molecule has 1 aliphatic rings. The van der Waals surface area contributed by atoms with E-state index in [0.717, 1.165) is 41.7 Å². The predicted octanol–water partition coefficient (Wildman–Crippen LogP) is 3.13. The third kappa shape index (κ3) is 2.54. The minimum absolute atomic E-state index is 0.644. The van der Waals surface area contributed by atoms with Crippen molar-refractivity contribution in [2.24, 2.45) is 18.9 Å².